The van der Waals surface area contributed by atoms with Crippen LogP contribution in [0.1, 0.15) is 43.9 Å². The van der Waals surface area contributed by atoms with Crippen LogP contribution in [-0.4, -0.2) is 73.2 Å². The number of pyridine rings is 1. The molecule has 3 rings (SSSR count). The Hall–Kier alpha value is -1.50. The minimum atomic E-state index is 0.130. The van der Waals surface area contributed by atoms with Crippen LogP contribution in [0.2, 0.25) is 0 Å². The highest BCUT2D eigenvalue weighted by Crippen LogP contribution is 2.24. The van der Waals surface area contributed by atoms with Crippen LogP contribution >= 0.6 is 0 Å². The number of aryl methyl sites for hydroxylation is 1. The fraction of sp³-hybridized carbons (Fsp3) is 0.727. The minimum absolute atomic E-state index is 0.130. The van der Waals surface area contributed by atoms with Gasteiger partial charge in [-0.1, -0.05) is 13.0 Å². The highest BCUT2D eigenvalue weighted by atomic mass is 16.5. The summed E-state index contributed by atoms with van der Waals surface area (Å²) < 4.78 is 5.03. The van der Waals surface area contributed by atoms with Crippen LogP contribution in [0.5, 0.6) is 0 Å². The van der Waals surface area contributed by atoms with Crippen molar-refractivity contribution in [3.05, 3.63) is 29.6 Å². The second kappa shape index (κ2) is 10.9. The van der Waals surface area contributed by atoms with Crippen molar-refractivity contribution >= 4 is 5.91 Å². The van der Waals surface area contributed by atoms with Crippen molar-refractivity contribution in [2.24, 2.45) is 5.92 Å². The van der Waals surface area contributed by atoms with Gasteiger partial charge in [0.2, 0.25) is 5.91 Å². The molecule has 2 aliphatic heterocycles. The molecule has 0 aromatic carbocycles. The lowest BCUT2D eigenvalue weighted by atomic mass is 9.93. The summed E-state index contributed by atoms with van der Waals surface area (Å²) in [4.78, 5) is 22.1. The number of hydrogen-bond acceptors (Lipinski definition) is 5. The Labute approximate surface area is 169 Å². The van der Waals surface area contributed by atoms with Crippen LogP contribution in [0.25, 0.3) is 0 Å². The molecule has 28 heavy (non-hydrogen) atoms. The van der Waals surface area contributed by atoms with Crippen molar-refractivity contribution < 1.29 is 9.53 Å². The summed E-state index contributed by atoms with van der Waals surface area (Å²) in [5.41, 5.74) is 2.47. The molecule has 6 heteroatoms. The summed E-state index contributed by atoms with van der Waals surface area (Å²) in [5, 5.41) is 3.01. The van der Waals surface area contributed by atoms with Gasteiger partial charge in [0.1, 0.15) is 0 Å². The molecule has 2 aliphatic rings. The number of ether oxygens (including phenoxy) is 1. The molecule has 1 atom stereocenters. The van der Waals surface area contributed by atoms with Crippen molar-refractivity contribution in [2.45, 2.75) is 51.6 Å². The van der Waals surface area contributed by atoms with Crippen LogP contribution in [0.3, 0.4) is 0 Å². The molecule has 6 nitrogen and oxygen atoms in total. The number of carbonyl (C=O) groups is 1. The predicted octanol–water partition coefficient (Wildman–Crippen LogP) is 2.08. The van der Waals surface area contributed by atoms with Gasteiger partial charge in [0, 0.05) is 52.1 Å². The average Bonchev–Trinajstić information content (AvgIpc) is 2.75. The molecule has 1 N–H and O–H groups in total. The zero-order chi connectivity index (χ0) is 19.8. The Bertz CT molecular complexity index is 599. The van der Waals surface area contributed by atoms with E-state index in [0.717, 1.165) is 52.0 Å². The van der Waals surface area contributed by atoms with E-state index in [1.807, 2.05) is 6.20 Å². The van der Waals surface area contributed by atoms with Crippen molar-refractivity contribution in [1.82, 2.24) is 20.1 Å². The van der Waals surface area contributed by atoms with Crippen LogP contribution in [0.4, 0.5) is 0 Å². The molecule has 156 valence electrons. The maximum Gasteiger partial charge on any atom is 0.224 e. The molecular weight excluding hydrogens is 352 g/mol. The van der Waals surface area contributed by atoms with Gasteiger partial charge >= 0.3 is 0 Å². The number of nitrogens with zero attached hydrogens (tertiary/aromatic N) is 3. The summed E-state index contributed by atoms with van der Waals surface area (Å²) >= 11 is 0. The second-order valence-corrected chi connectivity index (χ2v) is 8.14. The van der Waals surface area contributed by atoms with Crippen LogP contribution < -0.4 is 5.32 Å². The van der Waals surface area contributed by atoms with Gasteiger partial charge in [0.15, 0.2) is 0 Å². The first-order valence-electron chi connectivity index (χ1n) is 10.9. The first kappa shape index (κ1) is 21.2. The quantitative estimate of drug-likeness (QED) is 0.691. The largest absolute Gasteiger partial charge is 0.383 e. The Kier molecular flexibility index (Phi) is 8.25. The fourth-order valence-electron chi connectivity index (χ4n) is 4.40. The molecule has 2 saturated heterocycles. The van der Waals surface area contributed by atoms with Gasteiger partial charge in [0.25, 0.3) is 0 Å². The number of rotatable bonds is 8. The highest BCUT2D eigenvalue weighted by molar-refractivity contribution is 5.78. The molecule has 0 radical (unpaired) electrons. The Morgan fingerprint density at radius 3 is 2.75 bits per heavy atom. The standard InChI is InChI=1S/C22H36N4O2/c1-3-18-6-7-20(24-15-18)17-25-12-8-21(9-13-25)26-11-4-5-19(16-26)22(27)23-10-14-28-2/h6-7,15,19,21H,3-5,8-14,16-17H2,1-2H3,(H,23,27)/t19-/m0/s1. The Morgan fingerprint density at radius 2 is 2.07 bits per heavy atom. The molecule has 1 amide bonds. The smallest absolute Gasteiger partial charge is 0.224 e. The first-order chi connectivity index (χ1) is 13.7. The predicted molar refractivity (Wildman–Crippen MR) is 111 cm³/mol. The normalized spacial score (nSPS) is 22.3. The Balaban J connectivity index is 1.42. The number of piperidine rings is 2. The molecule has 0 saturated carbocycles. The molecule has 0 spiro atoms. The summed E-state index contributed by atoms with van der Waals surface area (Å²) in [5.74, 6) is 0.325. The van der Waals surface area contributed by atoms with E-state index in [-0.39, 0.29) is 11.8 Å². The van der Waals surface area contributed by atoms with Gasteiger partial charge in [-0.25, -0.2) is 0 Å². The number of nitrogens with one attached hydrogen (secondary N) is 1. The number of aromatic nitrogens is 1. The summed E-state index contributed by atoms with van der Waals surface area (Å²) in [6.07, 6.45) is 7.55. The number of likely N-dealkylation sites (tertiary alicyclic amines) is 2. The van der Waals surface area contributed by atoms with E-state index < -0.39 is 0 Å². The molecule has 2 fully saturated rings. The van der Waals surface area contributed by atoms with Gasteiger partial charge in [-0.15, -0.1) is 0 Å². The molecule has 1 aromatic heterocycles. The van der Waals surface area contributed by atoms with E-state index in [1.54, 1.807) is 7.11 Å². The zero-order valence-electron chi connectivity index (χ0n) is 17.5. The lowest BCUT2D eigenvalue weighted by Gasteiger charge is -2.42. The fourth-order valence-corrected chi connectivity index (χ4v) is 4.40. The van der Waals surface area contributed by atoms with Crippen LogP contribution in [0, 0.1) is 5.92 Å². The lowest BCUT2D eigenvalue weighted by molar-refractivity contribution is -0.127. The van der Waals surface area contributed by atoms with Gasteiger partial charge in [-0.05, 0) is 50.3 Å². The van der Waals surface area contributed by atoms with E-state index in [4.69, 9.17) is 4.74 Å². The second-order valence-electron chi connectivity index (χ2n) is 8.14. The molecule has 0 unspecified atom stereocenters. The van der Waals surface area contributed by atoms with Gasteiger partial charge in [-0.3, -0.25) is 19.6 Å². The molecule has 1 aromatic rings. The van der Waals surface area contributed by atoms with Crippen LogP contribution in [-0.2, 0) is 22.5 Å². The third-order valence-electron chi connectivity index (χ3n) is 6.18. The topological polar surface area (TPSA) is 57.7 Å². The number of methoxy groups -OCH3 is 1. The van der Waals surface area contributed by atoms with E-state index in [1.165, 1.54) is 24.1 Å². The maximum atomic E-state index is 12.4. The first-order valence-corrected chi connectivity index (χ1v) is 10.9. The van der Waals surface area contributed by atoms with Crippen molar-refractivity contribution in [3.63, 3.8) is 0 Å². The van der Waals surface area contributed by atoms with Gasteiger partial charge in [-0.2, -0.15) is 0 Å². The van der Waals surface area contributed by atoms with E-state index in [2.05, 4.69) is 39.2 Å². The van der Waals surface area contributed by atoms with E-state index >= 15 is 0 Å². The van der Waals surface area contributed by atoms with Crippen LogP contribution in [0.15, 0.2) is 18.3 Å². The number of hydrogen-bond donors (Lipinski definition) is 1. The number of amides is 1. The monoisotopic (exact) mass is 388 g/mol. The minimum Gasteiger partial charge on any atom is -0.383 e. The van der Waals surface area contributed by atoms with Gasteiger partial charge in [0.05, 0.1) is 18.2 Å². The summed E-state index contributed by atoms with van der Waals surface area (Å²) in [6, 6.07) is 4.98. The molecule has 3 heterocycles. The maximum absolute atomic E-state index is 12.4. The lowest BCUT2D eigenvalue weighted by Crippen LogP contribution is -2.50. The molecule has 0 aliphatic carbocycles. The molecule has 0 bridgehead atoms. The highest BCUT2D eigenvalue weighted by Gasteiger charge is 2.31. The summed E-state index contributed by atoms with van der Waals surface area (Å²) in [6.45, 7) is 8.56. The third-order valence-corrected chi connectivity index (χ3v) is 6.18. The van der Waals surface area contributed by atoms with Crippen molar-refractivity contribution in [2.75, 3.05) is 46.4 Å². The van der Waals surface area contributed by atoms with E-state index in [0.29, 0.717) is 19.2 Å². The Morgan fingerprint density at radius 1 is 1.25 bits per heavy atom. The zero-order valence-corrected chi connectivity index (χ0v) is 17.5. The summed E-state index contributed by atoms with van der Waals surface area (Å²) in [7, 11) is 1.66. The van der Waals surface area contributed by atoms with Crippen molar-refractivity contribution in [1.29, 1.82) is 0 Å². The average molecular weight is 389 g/mol. The van der Waals surface area contributed by atoms with Crippen molar-refractivity contribution in [3.8, 4) is 0 Å². The van der Waals surface area contributed by atoms with E-state index in [9.17, 15) is 4.79 Å². The number of carbonyl (C=O) groups excluding carboxylic acids is 1. The third kappa shape index (κ3) is 6.00. The van der Waals surface area contributed by atoms with Gasteiger partial charge < -0.3 is 10.1 Å². The molecular formula is C22H36N4O2. The SMILES string of the molecule is CCc1ccc(CN2CCC(N3CCC[C@H](C(=O)NCCOC)C3)CC2)nc1.